The number of carbonyl (C=O) groups excluding carboxylic acids is 1. The van der Waals surface area contributed by atoms with E-state index in [-0.39, 0.29) is 18.3 Å². The van der Waals surface area contributed by atoms with Crippen LogP contribution in [0, 0.1) is 13.8 Å². The van der Waals surface area contributed by atoms with Crippen LogP contribution in [0.1, 0.15) is 36.2 Å². The summed E-state index contributed by atoms with van der Waals surface area (Å²) in [6.07, 6.45) is 3.57. The first kappa shape index (κ1) is 26.7. The summed E-state index contributed by atoms with van der Waals surface area (Å²) in [4.78, 5) is 19.6. The number of hydrogen-bond acceptors (Lipinski definition) is 7. The molecule has 198 valence electrons. The van der Waals surface area contributed by atoms with Crippen molar-refractivity contribution < 1.29 is 9.53 Å². The van der Waals surface area contributed by atoms with Gasteiger partial charge in [0.05, 0.1) is 12.8 Å². The zero-order chi connectivity index (χ0) is 25.1. The normalized spacial score (nSPS) is 15.6. The minimum absolute atomic E-state index is 0. The molecule has 0 aliphatic carbocycles. The molecule has 37 heavy (non-hydrogen) atoms. The van der Waals surface area contributed by atoms with Gasteiger partial charge in [-0.25, -0.2) is 4.68 Å². The maximum absolute atomic E-state index is 13.0. The third-order valence-corrected chi connectivity index (χ3v) is 7.36. The SMILES string of the molecule is COc1cccc(N2CCN(C(=O)CCc3c(C)nn(-c4ccc(N5CCCC5)nn4)c3C)CC2)c1.Cl. The molecule has 0 bridgehead atoms. The van der Waals surface area contributed by atoms with Crippen molar-refractivity contribution in [3.8, 4) is 11.6 Å². The number of piperazine rings is 1. The van der Waals surface area contributed by atoms with Gasteiger partial charge < -0.3 is 19.4 Å². The van der Waals surface area contributed by atoms with Crippen LogP contribution >= 0.6 is 12.4 Å². The quantitative estimate of drug-likeness (QED) is 0.466. The summed E-state index contributed by atoms with van der Waals surface area (Å²) in [6, 6.07) is 12.1. The lowest BCUT2D eigenvalue weighted by Gasteiger charge is -2.36. The highest BCUT2D eigenvalue weighted by molar-refractivity contribution is 5.85. The van der Waals surface area contributed by atoms with Crippen LogP contribution in [0.2, 0.25) is 0 Å². The Kier molecular flexibility index (Phi) is 8.53. The number of aromatic nitrogens is 4. The Morgan fingerprint density at radius 3 is 2.30 bits per heavy atom. The van der Waals surface area contributed by atoms with Crippen molar-refractivity contribution >= 4 is 29.8 Å². The Morgan fingerprint density at radius 2 is 1.62 bits per heavy atom. The van der Waals surface area contributed by atoms with Crippen molar-refractivity contribution in [3.05, 3.63) is 53.3 Å². The standard InChI is InChI=1S/C27H35N7O2.ClH/c1-20-24(21(2)34(30-20)26-11-10-25(28-29-26)32-13-4-5-14-32)9-12-27(35)33-17-15-31(16-18-33)22-7-6-8-23(19-22)36-3;/h6-8,10-11,19H,4-5,9,12-18H2,1-3H3;1H. The fourth-order valence-electron chi connectivity index (χ4n) is 5.22. The number of anilines is 2. The van der Waals surface area contributed by atoms with E-state index in [0.29, 0.717) is 18.7 Å². The zero-order valence-corrected chi connectivity index (χ0v) is 22.7. The van der Waals surface area contributed by atoms with Crippen LogP contribution in [0.15, 0.2) is 36.4 Å². The summed E-state index contributed by atoms with van der Waals surface area (Å²) in [5.41, 5.74) is 4.21. The third-order valence-electron chi connectivity index (χ3n) is 7.36. The number of nitrogens with zero attached hydrogens (tertiary/aromatic N) is 7. The number of halogens is 1. The van der Waals surface area contributed by atoms with E-state index in [1.807, 2.05) is 53.8 Å². The lowest BCUT2D eigenvalue weighted by molar-refractivity contribution is -0.131. The number of amides is 1. The molecule has 2 aliphatic heterocycles. The second-order valence-corrected chi connectivity index (χ2v) is 9.57. The van der Waals surface area contributed by atoms with E-state index in [2.05, 4.69) is 26.1 Å². The van der Waals surface area contributed by atoms with Crippen molar-refractivity contribution in [2.75, 3.05) is 56.2 Å². The summed E-state index contributed by atoms with van der Waals surface area (Å²) in [6.45, 7) is 9.23. The highest BCUT2D eigenvalue weighted by Gasteiger charge is 2.23. The highest BCUT2D eigenvalue weighted by Crippen LogP contribution is 2.24. The molecule has 0 saturated carbocycles. The van der Waals surface area contributed by atoms with Crippen molar-refractivity contribution in [2.24, 2.45) is 0 Å². The molecule has 1 aromatic carbocycles. The van der Waals surface area contributed by atoms with Gasteiger partial charge in [0.15, 0.2) is 11.6 Å². The van der Waals surface area contributed by atoms with Gasteiger partial charge >= 0.3 is 0 Å². The van der Waals surface area contributed by atoms with Crippen molar-refractivity contribution in [3.63, 3.8) is 0 Å². The van der Waals surface area contributed by atoms with Crippen LogP contribution in [0.3, 0.4) is 0 Å². The third kappa shape index (κ3) is 5.82. The van der Waals surface area contributed by atoms with Crippen molar-refractivity contribution in [1.82, 2.24) is 24.9 Å². The molecular weight excluding hydrogens is 490 g/mol. The number of rotatable bonds is 7. The maximum Gasteiger partial charge on any atom is 0.223 e. The molecule has 0 radical (unpaired) electrons. The van der Waals surface area contributed by atoms with Crippen molar-refractivity contribution in [2.45, 2.75) is 39.5 Å². The molecule has 10 heteroatoms. The highest BCUT2D eigenvalue weighted by atomic mass is 35.5. The first-order valence-corrected chi connectivity index (χ1v) is 12.8. The van der Waals surface area contributed by atoms with Gasteiger partial charge in [-0.15, -0.1) is 22.6 Å². The van der Waals surface area contributed by atoms with Crippen LogP contribution in [-0.4, -0.2) is 77.2 Å². The van der Waals surface area contributed by atoms with Crippen LogP contribution < -0.4 is 14.5 Å². The average Bonchev–Trinajstić information content (AvgIpc) is 3.56. The second-order valence-electron chi connectivity index (χ2n) is 9.57. The van der Waals surface area contributed by atoms with Crippen LogP contribution in [0.25, 0.3) is 5.82 Å². The number of hydrogen-bond donors (Lipinski definition) is 0. The van der Waals surface area contributed by atoms with Gasteiger partial charge in [-0.3, -0.25) is 4.79 Å². The second kappa shape index (κ2) is 11.8. The summed E-state index contributed by atoms with van der Waals surface area (Å²) < 4.78 is 7.20. The predicted molar refractivity (Wildman–Crippen MR) is 147 cm³/mol. The Morgan fingerprint density at radius 1 is 0.919 bits per heavy atom. The van der Waals surface area contributed by atoms with Gasteiger partial charge in [0, 0.05) is 63.1 Å². The first-order valence-electron chi connectivity index (χ1n) is 12.8. The topological polar surface area (TPSA) is 79.6 Å². The van der Waals surface area contributed by atoms with Crippen LogP contribution in [-0.2, 0) is 11.2 Å². The molecule has 2 fully saturated rings. The first-order chi connectivity index (χ1) is 17.5. The van der Waals surface area contributed by atoms with E-state index in [9.17, 15) is 4.79 Å². The maximum atomic E-state index is 13.0. The molecule has 4 heterocycles. The van der Waals surface area contributed by atoms with E-state index in [1.54, 1.807) is 7.11 Å². The van der Waals surface area contributed by atoms with E-state index < -0.39 is 0 Å². The monoisotopic (exact) mass is 525 g/mol. The van der Waals surface area contributed by atoms with Crippen LogP contribution in [0.5, 0.6) is 5.75 Å². The minimum Gasteiger partial charge on any atom is -0.497 e. The average molecular weight is 526 g/mol. The summed E-state index contributed by atoms with van der Waals surface area (Å²) in [5, 5.41) is 13.6. The van der Waals surface area contributed by atoms with Gasteiger partial charge in [0.2, 0.25) is 5.91 Å². The predicted octanol–water partition coefficient (Wildman–Crippen LogP) is 3.59. The molecule has 0 atom stereocenters. The van der Waals surface area contributed by atoms with E-state index >= 15 is 0 Å². The van der Waals surface area contributed by atoms with Gasteiger partial charge in [0.1, 0.15) is 5.75 Å². The molecule has 0 unspecified atom stereocenters. The Bertz CT molecular complexity index is 1200. The summed E-state index contributed by atoms with van der Waals surface area (Å²) in [5.74, 6) is 2.69. The fourth-order valence-corrected chi connectivity index (χ4v) is 5.22. The molecule has 2 aromatic heterocycles. The lowest BCUT2D eigenvalue weighted by Crippen LogP contribution is -2.48. The Hall–Kier alpha value is -3.33. The van der Waals surface area contributed by atoms with E-state index in [4.69, 9.17) is 9.84 Å². The molecule has 3 aromatic rings. The van der Waals surface area contributed by atoms with Crippen molar-refractivity contribution in [1.29, 1.82) is 0 Å². The number of ether oxygens (including phenoxy) is 1. The lowest BCUT2D eigenvalue weighted by atomic mass is 10.1. The van der Waals surface area contributed by atoms with E-state index in [1.165, 1.54) is 12.8 Å². The Labute approximate surface area is 224 Å². The summed E-state index contributed by atoms with van der Waals surface area (Å²) >= 11 is 0. The molecule has 0 spiro atoms. The number of carbonyl (C=O) groups is 1. The van der Waals surface area contributed by atoms with Gasteiger partial charge in [0.25, 0.3) is 0 Å². The van der Waals surface area contributed by atoms with Gasteiger partial charge in [-0.05, 0) is 62.9 Å². The molecule has 9 nitrogen and oxygen atoms in total. The van der Waals surface area contributed by atoms with Gasteiger partial charge in [-0.2, -0.15) is 5.10 Å². The molecule has 1 amide bonds. The molecule has 0 N–H and O–H groups in total. The molecule has 5 rings (SSSR count). The number of methoxy groups -OCH3 is 1. The minimum atomic E-state index is 0. The molecule has 2 aliphatic rings. The molecular formula is C27H36ClN7O2. The van der Waals surface area contributed by atoms with Gasteiger partial charge in [-0.1, -0.05) is 6.07 Å². The largest absolute Gasteiger partial charge is 0.497 e. The van der Waals surface area contributed by atoms with E-state index in [0.717, 1.165) is 73.5 Å². The molecule has 2 saturated heterocycles. The number of aryl methyl sites for hydroxylation is 1. The Balaban J connectivity index is 0.00000320. The smallest absolute Gasteiger partial charge is 0.223 e. The fraction of sp³-hybridized carbons (Fsp3) is 0.481. The number of benzene rings is 1. The van der Waals surface area contributed by atoms with Crippen LogP contribution in [0.4, 0.5) is 11.5 Å². The summed E-state index contributed by atoms with van der Waals surface area (Å²) in [7, 11) is 1.68. The zero-order valence-electron chi connectivity index (χ0n) is 21.9.